The van der Waals surface area contributed by atoms with Crippen LogP contribution in [0.2, 0.25) is 0 Å². The summed E-state index contributed by atoms with van der Waals surface area (Å²) in [6.45, 7) is 0. The van der Waals surface area contributed by atoms with E-state index >= 15 is 0 Å². The van der Waals surface area contributed by atoms with E-state index in [4.69, 9.17) is 5.73 Å². The first kappa shape index (κ1) is 12.5. The summed E-state index contributed by atoms with van der Waals surface area (Å²) in [6.07, 6.45) is -7.15. The lowest BCUT2D eigenvalue weighted by Crippen LogP contribution is -2.52. The molecule has 104 valence electrons. The lowest BCUT2D eigenvalue weighted by molar-refractivity contribution is -0.391. The fourth-order valence-electron chi connectivity index (χ4n) is 1.97. The van der Waals surface area contributed by atoms with Crippen molar-refractivity contribution in [2.75, 3.05) is 0 Å². The molecule has 0 spiro atoms. The van der Waals surface area contributed by atoms with Crippen LogP contribution in [0.3, 0.4) is 0 Å². The smallest absolute Gasteiger partial charge is 0.421 e. The van der Waals surface area contributed by atoms with Crippen LogP contribution >= 0.6 is 0 Å². The topological polar surface area (TPSA) is 44.5 Å². The van der Waals surface area contributed by atoms with E-state index in [1.165, 1.54) is 18.2 Å². The maximum atomic E-state index is 13.0. The zero-order chi connectivity index (χ0) is 13.9. The second-order valence-electron chi connectivity index (χ2n) is 5.06. The summed E-state index contributed by atoms with van der Waals surface area (Å²) in [5, 5.41) is 0. The highest BCUT2D eigenvalue weighted by Crippen LogP contribution is 2.47. The number of ether oxygens (including phenoxy) is 2. The maximum absolute atomic E-state index is 13.0. The van der Waals surface area contributed by atoms with Gasteiger partial charge in [-0.1, -0.05) is 6.07 Å². The molecule has 0 saturated heterocycles. The second-order valence-corrected chi connectivity index (χ2v) is 5.06. The van der Waals surface area contributed by atoms with Crippen LogP contribution in [-0.4, -0.2) is 17.8 Å². The average Bonchev–Trinajstić information content (AvgIpc) is 2.98. The van der Waals surface area contributed by atoms with E-state index < -0.39 is 23.7 Å². The van der Waals surface area contributed by atoms with Gasteiger partial charge < -0.3 is 15.2 Å². The molecule has 0 unspecified atom stereocenters. The molecule has 0 amide bonds. The second kappa shape index (κ2) is 3.53. The molecular formula is C12H11F4NO2. The first-order chi connectivity index (χ1) is 8.71. The molecule has 1 fully saturated rings. The Morgan fingerprint density at radius 1 is 1.00 bits per heavy atom. The number of hydrogen-bond donors (Lipinski definition) is 1. The van der Waals surface area contributed by atoms with Gasteiger partial charge in [0.25, 0.3) is 0 Å². The van der Waals surface area contributed by atoms with Crippen LogP contribution in [0.5, 0.6) is 11.5 Å². The van der Waals surface area contributed by atoms with Gasteiger partial charge in [-0.05, 0) is 37.0 Å². The van der Waals surface area contributed by atoms with Gasteiger partial charge in [-0.15, -0.1) is 0 Å². The van der Waals surface area contributed by atoms with E-state index in [0.717, 1.165) is 12.8 Å². The summed E-state index contributed by atoms with van der Waals surface area (Å²) < 4.78 is 59.9. The maximum Gasteiger partial charge on any atom is 0.507 e. The molecule has 1 aromatic carbocycles. The molecule has 1 saturated carbocycles. The fraction of sp³-hybridized carbons (Fsp3) is 0.500. The van der Waals surface area contributed by atoms with Gasteiger partial charge in [0.05, 0.1) is 0 Å². The van der Waals surface area contributed by atoms with Gasteiger partial charge >= 0.3 is 12.2 Å². The number of benzene rings is 1. The molecule has 0 bridgehead atoms. The molecule has 1 aliphatic carbocycles. The monoisotopic (exact) mass is 277 g/mol. The van der Waals surface area contributed by atoms with Crippen molar-refractivity contribution >= 4 is 0 Å². The molecule has 7 heteroatoms. The number of fused-ring (bicyclic) bond motifs is 1. The Kier molecular flexibility index (Phi) is 2.33. The van der Waals surface area contributed by atoms with E-state index in [-0.39, 0.29) is 5.54 Å². The molecule has 19 heavy (non-hydrogen) atoms. The van der Waals surface area contributed by atoms with Crippen LogP contribution in [0, 0.1) is 0 Å². The van der Waals surface area contributed by atoms with Gasteiger partial charge in [0.1, 0.15) is 0 Å². The van der Waals surface area contributed by atoms with Crippen LogP contribution in [0.1, 0.15) is 18.4 Å². The summed E-state index contributed by atoms with van der Waals surface area (Å²) in [4.78, 5) is 0. The Labute approximate surface area is 106 Å². The Balaban J connectivity index is 1.90. The molecule has 1 aromatic rings. The highest BCUT2D eigenvalue weighted by Gasteiger charge is 2.65. The Bertz CT molecular complexity index is 528. The zero-order valence-corrected chi connectivity index (χ0v) is 9.76. The number of nitrogens with two attached hydrogens (primary N) is 1. The Morgan fingerprint density at radius 3 is 2.16 bits per heavy atom. The van der Waals surface area contributed by atoms with Crippen molar-refractivity contribution in [2.45, 2.75) is 37.0 Å². The third-order valence-corrected chi connectivity index (χ3v) is 3.27. The largest absolute Gasteiger partial charge is 0.507 e. The average molecular weight is 277 g/mol. The van der Waals surface area contributed by atoms with Crippen molar-refractivity contribution < 1.29 is 27.0 Å². The molecule has 0 aromatic heterocycles. The molecule has 3 rings (SSSR count). The van der Waals surface area contributed by atoms with Crippen molar-refractivity contribution in [2.24, 2.45) is 5.73 Å². The molecular weight excluding hydrogens is 266 g/mol. The van der Waals surface area contributed by atoms with Gasteiger partial charge in [0, 0.05) is 5.54 Å². The van der Waals surface area contributed by atoms with Crippen molar-refractivity contribution in [3.8, 4) is 11.5 Å². The number of alkyl halides is 4. The standard InChI is InChI=1S/C12H11F4NO2/c13-11(14)12(15,16)19-9-5-7(1-2-8(9)18-11)6-10(17)3-4-10/h1-2,5H,3-4,6,17H2. The van der Waals surface area contributed by atoms with E-state index in [1.54, 1.807) is 0 Å². The first-order valence-electron chi connectivity index (χ1n) is 5.76. The third-order valence-electron chi connectivity index (χ3n) is 3.27. The lowest BCUT2D eigenvalue weighted by Gasteiger charge is -2.32. The third kappa shape index (κ3) is 2.11. The minimum atomic E-state index is -4.68. The SMILES string of the molecule is NC1(Cc2ccc3c(c2)OC(F)(F)C(F)(F)O3)CC1. The minimum absolute atomic E-state index is 0.309. The van der Waals surface area contributed by atoms with E-state index in [2.05, 4.69) is 9.47 Å². The minimum Gasteiger partial charge on any atom is -0.421 e. The van der Waals surface area contributed by atoms with Crippen LogP contribution < -0.4 is 15.2 Å². The highest BCUT2D eigenvalue weighted by molar-refractivity contribution is 5.45. The fourth-order valence-corrected chi connectivity index (χ4v) is 1.97. The molecule has 2 N–H and O–H groups in total. The van der Waals surface area contributed by atoms with Crippen LogP contribution in [-0.2, 0) is 6.42 Å². The molecule has 2 aliphatic rings. The Morgan fingerprint density at radius 2 is 1.58 bits per heavy atom. The summed E-state index contributed by atoms with van der Waals surface area (Å²) in [6, 6.07) is 3.99. The van der Waals surface area contributed by atoms with Gasteiger partial charge in [0.2, 0.25) is 0 Å². The van der Waals surface area contributed by atoms with Crippen LogP contribution in [0.4, 0.5) is 17.6 Å². The van der Waals surface area contributed by atoms with Crippen molar-refractivity contribution in [3.05, 3.63) is 23.8 Å². The molecule has 0 atom stereocenters. The molecule has 3 nitrogen and oxygen atoms in total. The number of hydrogen-bond acceptors (Lipinski definition) is 3. The van der Waals surface area contributed by atoms with Crippen molar-refractivity contribution in [3.63, 3.8) is 0 Å². The summed E-state index contributed by atoms with van der Waals surface area (Å²) in [5.74, 6) is -0.792. The predicted octanol–water partition coefficient (Wildman–Crippen LogP) is 2.68. The van der Waals surface area contributed by atoms with Crippen LogP contribution in [0.25, 0.3) is 0 Å². The van der Waals surface area contributed by atoms with Gasteiger partial charge in [-0.25, -0.2) is 0 Å². The van der Waals surface area contributed by atoms with Gasteiger partial charge in [-0.3, -0.25) is 0 Å². The molecule has 1 aliphatic heterocycles. The van der Waals surface area contributed by atoms with E-state index in [1.807, 2.05) is 0 Å². The number of halogens is 4. The van der Waals surface area contributed by atoms with Crippen molar-refractivity contribution in [1.29, 1.82) is 0 Å². The van der Waals surface area contributed by atoms with Gasteiger partial charge in [0.15, 0.2) is 11.5 Å². The normalized spacial score (nSPS) is 24.9. The Hall–Kier alpha value is -1.50. The molecule has 1 heterocycles. The summed E-state index contributed by atoms with van der Waals surface area (Å²) in [5.41, 5.74) is 6.26. The lowest BCUT2D eigenvalue weighted by atomic mass is 10.0. The predicted molar refractivity (Wildman–Crippen MR) is 57.4 cm³/mol. The van der Waals surface area contributed by atoms with Crippen LogP contribution in [0.15, 0.2) is 18.2 Å². The summed E-state index contributed by atoms with van der Waals surface area (Å²) >= 11 is 0. The highest BCUT2D eigenvalue weighted by atomic mass is 19.3. The van der Waals surface area contributed by atoms with E-state index in [9.17, 15) is 17.6 Å². The summed E-state index contributed by atoms with van der Waals surface area (Å²) in [7, 11) is 0. The number of rotatable bonds is 2. The first-order valence-corrected chi connectivity index (χ1v) is 5.76. The quantitative estimate of drug-likeness (QED) is 0.845. The van der Waals surface area contributed by atoms with Crippen molar-refractivity contribution in [1.82, 2.24) is 0 Å². The molecule has 0 radical (unpaired) electrons. The zero-order valence-electron chi connectivity index (χ0n) is 9.76. The van der Waals surface area contributed by atoms with E-state index in [0.29, 0.717) is 12.0 Å². The van der Waals surface area contributed by atoms with Gasteiger partial charge in [-0.2, -0.15) is 17.6 Å².